The molecule has 3 rings (SSSR count). The van der Waals surface area contributed by atoms with Crippen LogP contribution in [0.3, 0.4) is 0 Å². The van der Waals surface area contributed by atoms with Crippen LogP contribution in [-0.4, -0.2) is 56.5 Å². The lowest BCUT2D eigenvalue weighted by molar-refractivity contribution is -0.137. The highest BCUT2D eigenvalue weighted by molar-refractivity contribution is 7.91. The van der Waals surface area contributed by atoms with Gasteiger partial charge in [0.1, 0.15) is 0 Å². The predicted molar refractivity (Wildman–Crippen MR) is 163 cm³/mol. The topological polar surface area (TPSA) is 124 Å². The molecule has 0 aromatic heterocycles. The number of carbonyl (C=O) groups excluding carboxylic acids is 1. The van der Waals surface area contributed by atoms with Crippen molar-refractivity contribution in [3.63, 3.8) is 0 Å². The van der Waals surface area contributed by atoms with Crippen molar-refractivity contribution in [1.29, 1.82) is 0 Å². The van der Waals surface area contributed by atoms with E-state index in [1.54, 1.807) is 12.1 Å². The predicted octanol–water partition coefficient (Wildman–Crippen LogP) is 5.98. The van der Waals surface area contributed by atoms with Crippen LogP contribution in [0.5, 0.6) is 0 Å². The highest BCUT2D eigenvalue weighted by Crippen LogP contribution is 2.49. The van der Waals surface area contributed by atoms with E-state index in [4.69, 9.17) is 5.11 Å². The largest absolute Gasteiger partial charge is 0.481 e. The van der Waals surface area contributed by atoms with Gasteiger partial charge in [-0.25, -0.2) is 8.42 Å². The van der Waals surface area contributed by atoms with Gasteiger partial charge in [-0.15, -0.1) is 0 Å². The molecule has 1 aliphatic rings. The molecule has 0 bridgehead atoms. The van der Waals surface area contributed by atoms with Gasteiger partial charge in [-0.1, -0.05) is 51.7 Å². The van der Waals surface area contributed by atoms with Crippen LogP contribution in [0, 0.1) is 5.41 Å². The maximum atomic E-state index is 13.8. The first-order chi connectivity index (χ1) is 19.4. The van der Waals surface area contributed by atoms with Crippen LogP contribution in [-0.2, 0) is 19.4 Å². The van der Waals surface area contributed by atoms with Crippen LogP contribution in [0.25, 0.3) is 0 Å². The van der Waals surface area contributed by atoms with Gasteiger partial charge in [0.2, 0.25) is 5.91 Å². The number of carboxylic acids is 1. The second-order valence-corrected chi connectivity index (χ2v) is 13.6. The Morgan fingerprint density at radius 2 is 1.71 bits per heavy atom. The highest BCUT2D eigenvalue weighted by atomic mass is 32.2. The number of unbranched alkanes of at least 4 members (excludes halogenated alkanes) is 4. The Kier molecular flexibility index (Phi) is 11.4. The highest BCUT2D eigenvalue weighted by Gasteiger charge is 2.49. The van der Waals surface area contributed by atoms with Crippen molar-refractivity contribution in [2.75, 3.05) is 30.1 Å². The number of nitrogens with one attached hydrogen (secondary N) is 1. The third-order valence-corrected chi connectivity index (χ3v) is 10.4. The molecule has 3 N–H and O–H groups in total. The lowest BCUT2D eigenvalue weighted by Gasteiger charge is -2.39. The van der Waals surface area contributed by atoms with E-state index in [0.29, 0.717) is 43.4 Å². The Hall–Kier alpha value is -2.91. The number of benzene rings is 2. The monoisotopic (exact) mass is 586 g/mol. The van der Waals surface area contributed by atoms with Crippen molar-refractivity contribution in [2.45, 2.75) is 95.0 Å². The molecular formula is C32H46N2O6S. The van der Waals surface area contributed by atoms with Gasteiger partial charge in [0.15, 0.2) is 9.84 Å². The first-order valence-corrected chi connectivity index (χ1v) is 16.4. The van der Waals surface area contributed by atoms with Crippen LogP contribution in [0.4, 0.5) is 11.4 Å². The first-order valence-electron chi connectivity index (χ1n) is 14.8. The number of aliphatic carboxylic acids is 1. The van der Waals surface area contributed by atoms with Crippen LogP contribution in [0.2, 0.25) is 0 Å². The zero-order valence-electron chi connectivity index (χ0n) is 24.9. The number of rotatable bonds is 14. The molecule has 0 aliphatic carbocycles. The van der Waals surface area contributed by atoms with E-state index in [-0.39, 0.29) is 23.0 Å². The minimum Gasteiger partial charge on any atom is -0.481 e. The summed E-state index contributed by atoms with van der Waals surface area (Å²) in [4.78, 5) is 25.5. The second-order valence-electron chi connectivity index (χ2n) is 11.6. The Balaban J connectivity index is 1.96. The van der Waals surface area contributed by atoms with Crippen molar-refractivity contribution in [3.05, 3.63) is 53.6 Å². The summed E-state index contributed by atoms with van der Waals surface area (Å²) in [5.41, 5.74) is 1.98. The molecule has 0 fully saturated rings. The van der Waals surface area contributed by atoms with Gasteiger partial charge in [0, 0.05) is 49.6 Å². The van der Waals surface area contributed by atoms with Gasteiger partial charge in [0.05, 0.1) is 16.8 Å². The standard InChI is InChI=1S/C32H46N2O6S/c1-5-7-19-32(6-2)22-41(39,40)27-18-17-25(34(3)4)21-26(27)30(31(32)38)23-13-12-14-24(20-23)33-28(35)15-10-8-9-11-16-29(36)37/h12-14,17-18,20-21,30-31,38H,5-11,15-16,19,22H2,1-4H3,(H,33,35)(H,36,37). The fourth-order valence-electron chi connectivity index (χ4n) is 5.95. The van der Waals surface area contributed by atoms with E-state index in [9.17, 15) is 23.1 Å². The summed E-state index contributed by atoms with van der Waals surface area (Å²) in [6.07, 6.45) is 5.20. The number of anilines is 2. The molecule has 3 unspecified atom stereocenters. The molecule has 0 saturated heterocycles. The molecule has 8 nitrogen and oxygen atoms in total. The molecule has 2 aromatic rings. The fourth-order valence-corrected chi connectivity index (χ4v) is 8.20. The Labute approximate surface area is 245 Å². The lowest BCUT2D eigenvalue weighted by Crippen LogP contribution is -2.42. The van der Waals surface area contributed by atoms with E-state index in [1.165, 1.54) is 0 Å². The third-order valence-electron chi connectivity index (χ3n) is 8.41. The molecule has 9 heteroatoms. The molecule has 0 saturated carbocycles. The van der Waals surface area contributed by atoms with Crippen LogP contribution in [0.15, 0.2) is 47.4 Å². The lowest BCUT2D eigenvalue weighted by atomic mass is 9.69. The fraction of sp³-hybridized carbons (Fsp3) is 0.562. The maximum Gasteiger partial charge on any atom is 0.303 e. The number of carbonyl (C=O) groups is 2. The van der Waals surface area contributed by atoms with Crippen molar-refractivity contribution < 1.29 is 28.2 Å². The molecule has 1 amide bonds. The summed E-state index contributed by atoms with van der Waals surface area (Å²) in [5.74, 6) is -1.64. The van der Waals surface area contributed by atoms with E-state index < -0.39 is 33.2 Å². The van der Waals surface area contributed by atoms with E-state index in [2.05, 4.69) is 12.2 Å². The molecule has 1 heterocycles. The number of carboxylic acid groups (broad SMARTS) is 1. The van der Waals surface area contributed by atoms with Gasteiger partial charge in [-0.2, -0.15) is 0 Å². The summed E-state index contributed by atoms with van der Waals surface area (Å²) in [5, 5.41) is 23.9. The minimum atomic E-state index is -3.68. The van der Waals surface area contributed by atoms with Crippen LogP contribution in [0.1, 0.15) is 95.1 Å². The number of nitrogens with zero attached hydrogens (tertiary/aromatic N) is 1. The number of fused-ring (bicyclic) bond motifs is 1. The van der Waals surface area contributed by atoms with Crippen LogP contribution < -0.4 is 10.2 Å². The Bertz CT molecular complexity index is 1310. The maximum absolute atomic E-state index is 13.8. The van der Waals surface area contributed by atoms with Crippen LogP contribution >= 0.6 is 0 Å². The zero-order chi connectivity index (χ0) is 30.2. The van der Waals surface area contributed by atoms with Crippen molar-refractivity contribution >= 4 is 33.1 Å². The first kappa shape index (κ1) is 32.6. The molecule has 0 spiro atoms. The SMILES string of the molecule is CCCCC1(CC)CS(=O)(=O)c2ccc(N(C)C)cc2C(c2cccc(NC(=O)CCCCCCC(=O)O)c2)C1O. The van der Waals surface area contributed by atoms with Gasteiger partial charge in [-0.05, 0) is 67.1 Å². The number of aliphatic hydroxyl groups excluding tert-OH is 1. The second kappa shape index (κ2) is 14.3. The smallest absolute Gasteiger partial charge is 0.303 e. The number of hydrogen-bond donors (Lipinski definition) is 3. The number of aliphatic hydroxyl groups is 1. The molecule has 2 aromatic carbocycles. The third kappa shape index (κ3) is 8.10. The van der Waals surface area contributed by atoms with Gasteiger partial charge in [-0.3, -0.25) is 9.59 Å². The number of hydrogen-bond acceptors (Lipinski definition) is 6. The quantitative estimate of drug-likeness (QED) is 0.233. The van der Waals surface area contributed by atoms with E-state index >= 15 is 0 Å². The Morgan fingerprint density at radius 1 is 1.00 bits per heavy atom. The van der Waals surface area contributed by atoms with E-state index in [0.717, 1.165) is 36.9 Å². The average Bonchev–Trinajstić information content (AvgIpc) is 2.99. The molecule has 226 valence electrons. The summed E-state index contributed by atoms with van der Waals surface area (Å²) in [7, 11) is 0.125. The van der Waals surface area contributed by atoms with Gasteiger partial charge in [0.25, 0.3) is 0 Å². The van der Waals surface area contributed by atoms with Crippen molar-refractivity contribution in [3.8, 4) is 0 Å². The zero-order valence-corrected chi connectivity index (χ0v) is 25.7. The summed E-state index contributed by atoms with van der Waals surface area (Å²) in [6, 6.07) is 12.7. The number of sulfone groups is 1. The van der Waals surface area contributed by atoms with E-state index in [1.807, 2.05) is 56.3 Å². The Morgan fingerprint density at radius 3 is 2.34 bits per heavy atom. The van der Waals surface area contributed by atoms with Crippen molar-refractivity contribution in [1.82, 2.24) is 0 Å². The number of amides is 1. The van der Waals surface area contributed by atoms with Crippen molar-refractivity contribution in [2.24, 2.45) is 5.41 Å². The van der Waals surface area contributed by atoms with Gasteiger partial charge >= 0.3 is 5.97 Å². The van der Waals surface area contributed by atoms with Gasteiger partial charge < -0.3 is 20.4 Å². The molecule has 3 atom stereocenters. The molecule has 41 heavy (non-hydrogen) atoms. The molecular weight excluding hydrogens is 540 g/mol. The average molecular weight is 587 g/mol. The summed E-state index contributed by atoms with van der Waals surface area (Å²) < 4.78 is 27.7. The summed E-state index contributed by atoms with van der Waals surface area (Å²) in [6.45, 7) is 4.03. The molecule has 1 aliphatic heterocycles. The summed E-state index contributed by atoms with van der Waals surface area (Å²) >= 11 is 0. The minimum absolute atomic E-state index is 0.106. The molecule has 0 radical (unpaired) electrons. The normalized spacial score (nSPS) is 21.5.